The Morgan fingerprint density at radius 2 is 1.73 bits per heavy atom. The fourth-order valence-electron chi connectivity index (χ4n) is 4.44. The summed E-state index contributed by atoms with van der Waals surface area (Å²) < 4.78 is 0. The van der Waals surface area contributed by atoms with Crippen molar-refractivity contribution in [3.05, 3.63) is 48.8 Å². The highest BCUT2D eigenvalue weighted by Crippen LogP contribution is 2.53. The van der Waals surface area contributed by atoms with Gasteiger partial charge in [-0.3, -0.25) is 14.6 Å². The number of nitrogens with zero attached hydrogens (tertiary/aromatic N) is 2. The van der Waals surface area contributed by atoms with Gasteiger partial charge in [0.1, 0.15) is 0 Å². The van der Waals surface area contributed by atoms with Crippen LogP contribution in [0.2, 0.25) is 0 Å². The van der Waals surface area contributed by atoms with Crippen LogP contribution in [0.15, 0.2) is 48.8 Å². The minimum Gasteiger partial charge on any atom is -0.274 e. The van der Waals surface area contributed by atoms with Gasteiger partial charge >= 0.3 is 0 Å². The fraction of sp³-hybridized carbons (Fsp3) is 0.278. The van der Waals surface area contributed by atoms with Gasteiger partial charge in [-0.25, -0.2) is 4.90 Å². The van der Waals surface area contributed by atoms with Gasteiger partial charge in [0.05, 0.1) is 17.5 Å². The molecule has 1 saturated heterocycles. The van der Waals surface area contributed by atoms with Crippen LogP contribution in [0.1, 0.15) is 6.42 Å². The zero-order chi connectivity index (χ0) is 14.8. The molecule has 3 aliphatic rings. The Labute approximate surface area is 127 Å². The van der Waals surface area contributed by atoms with Gasteiger partial charge in [-0.05, 0) is 30.4 Å². The quantitative estimate of drug-likeness (QED) is 0.599. The van der Waals surface area contributed by atoms with Gasteiger partial charge in [0.2, 0.25) is 11.8 Å². The van der Waals surface area contributed by atoms with E-state index in [1.54, 1.807) is 12.4 Å². The molecule has 0 spiro atoms. The number of hydrogen-bond donors (Lipinski definition) is 0. The Morgan fingerprint density at radius 1 is 1.00 bits per heavy atom. The van der Waals surface area contributed by atoms with Crippen molar-refractivity contribution in [2.24, 2.45) is 23.7 Å². The van der Waals surface area contributed by atoms with Gasteiger partial charge in [0.25, 0.3) is 0 Å². The lowest BCUT2D eigenvalue weighted by Gasteiger charge is -2.19. The lowest BCUT2D eigenvalue weighted by atomic mass is 9.85. The number of rotatable bonds is 1. The molecule has 2 fully saturated rings. The maximum atomic E-state index is 12.9. The SMILES string of the molecule is O=C1[C@@H]2[C@H](C(=O)N1c1cccc3cnccc13)[C@@H]1C=C[C@H]2C1. The first-order valence-electron chi connectivity index (χ1n) is 7.64. The number of amides is 2. The molecule has 0 radical (unpaired) electrons. The molecule has 4 nitrogen and oxygen atoms in total. The lowest BCUT2D eigenvalue weighted by Crippen LogP contribution is -2.33. The molecule has 4 atom stereocenters. The van der Waals surface area contributed by atoms with Crippen LogP contribution in [0.25, 0.3) is 10.8 Å². The van der Waals surface area contributed by atoms with Crippen molar-refractivity contribution in [2.75, 3.05) is 4.90 Å². The summed E-state index contributed by atoms with van der Waals surface area (Å²) in [6, 6.07) is 7.55. The molecule has 108 valence electrons. The predicted molar refractivity (Wildman–Crippen MR) is 82.0 cm³/mol. The molecule has 4 heteroatoms. The van der Waals surface area contributed by atoms with Crippen LogP contribution in [0.5, 0.6) is 0 Å². The van der Waals surface area contributed by atoms with Crippen molar-refractivity contribution < 1.29 is 9.59 Å². The van der Waals surface area contributed by atoms with Crippen LogP contribution in [0, 0.1) is 23.7 Å². The van der Waals surface area contributed by atoms with E-state index in [1.807, 2.05) is 24.3 Å². The fourth-order valence-corrected chi connectivity index (χ4v) is 4.44. The van der Waals surface area contributed by atoms with Crippen molar-refractivity contribution >= 4 is 28.3 Å². The molecule has 1 aromatic carbocycles. The molecule has 2 bridgehead atoms. The molecule has 2 heterocycles. The van der Waals surface area contributed by atoms with E-state index in [0.29, 0.717) is 5.69 Å². The Morgan fingerprint density at radius 3 is 2.45 bits per heavy atom. The summed E-state index contributed by atoms with van der Waals surface area (Å²) in [4.78, 5) is 31.3. The molecule has 0 unspecified atom stereocenters. The number of benzene rings is 1. The van der Waals surface area contributed by atoms with Gasteiger partial charge in [0, 0.05) is 23.2 Å². The average Bonchev–Trinajstić information content (AvgIpc) is 3.21. The largest absolute Gasteiger partial charge is 0.274 e. The molecule has 2 aromatic rings. The normalized spacial score (nSPS) is 32.3. The molecular formula is C18H14N2O2. The van der Waals surface area contributed by atoms with Crippen molar-refractivity contribution in [3.63, 3.8) is 0 Å². The molecule has 1 aromatic heterocycles. The van der Waals surface area contributed by atoms with E-state index in [9.17, 15) is 9.59 Å². The molecule has 0 N–H and O–H groups in total. The minimum absolute atomic E-state index is 0.0313. The Balaban J connectivity index is 1.67. The summed E-state index contributed by atoms with van der Waals surface area (Å²) in [5.41, 5.74) is 0.698. The van der Waals surface area contributed by atoms with Crippen molar-refractivity contribution in [1.82, 2.24) is 4.98 Å². The van der Waals surface area contributed by atoms with E-state index < -0.39 is 0 Å². The molecular weight excluding hydrogens is 276 g/mol. The second-order valence-electron chi connectivity index (χ2n) is 6.39. The summed E-state index contributed by atoms with van der Waals surface area (Å²) in [6.07, 6.45) is 8.65. The molecule has 5 rings (SSSR count). The summed E-state index contributed by atoms with van der Waals surface area (Å²) in [7, 11) is 0. The Kier molecular flexibility index (Phi) is 2.22. The monoisotopic (exact) mass is 290 g/mol. The first-order valence-corrected chi connectivity index (χ1v) is 7.64. The lowest BCUT2D eigenvalue weighted by molar-refractivity contribution is -0.123. The standard InChI is InChI=1S/C18H14N2O2/c21-17-15-10-4-5-11(8-10)16(15)18(22)20(17)14-3-1-2-12-9-19-7-6-13(12)14/h1-7,9-11,15-16H,8H2/t10-,11+,15-,16+. The van der Waals surface area contributed by atoms with Crippen LogP contribution in [0.3, 0.4) is 0 Å². The number of carbonyl (C=O) groups excluding carboxylic acids is 2. The number of imide groups is 1. The Hall–Kier alpha value is -2.49. The van der Waals surface area contributed by atoms with Gasteiger partial charge in [-0.2, -0.15) is 0 Å². The summed E-state index contributed by atoms with van der Waals surface area (Å²) in [5.74, 6) is 0.118. The Bertz CT molecular complexity index is 822. The topological polar surface area (TPSA) is 50.3 Å². The highest BCUT2D eigenvalue weighted by Gasteiger charge is 2.59. The van der Waals surface area contributed by atoms with Crippen LogP contribution in [-0.2, 0) is 9.59 Å². The molecule has 2 aliphatic carbocycles. The van der Waals surface area contributed by atoms with E-state index in [4.69, 9.17) is 0 Å². The number of carbonyl (C=O) groups is 2. The van der Waals surface area contributed by atoms with E-state index in [-0.39, 0.29) is 35.5 Å². The average molecular weight is 290 g/mol. The molecule has 22 heavy (non-hydrogen) atoms. The molecule has 1 saturated carbocycles. The highest BCUT2D eigenvalue weighted by molar-refractivity contribution is 6.25. The molecule has 1 aliphatic heterocycles. The third-order valence-electron chi connectivity index (χ3n) is 5.37. The highest BCUT2D eigenvalue weighted by atomic mass is 16.2. The van der Waals surface area contributed by atoms with Gasteiger partial charge in [0.15, 0.2) is 0 Å². The maximum absolute atomic E-state index is 12.9. The minimum atomic E-state index is -0.153. The zero-order valence-electron chi connectivity index (χ0n) is 11.8. The third-order valence-corrected chi connectivity index (χ3v) is 5.37. The maximum Gasteiger partial charge on any atom is 0.238 e. The number of anilines is 1. The summed E-state index contributed by atoms with van der Waals surface area (Å²) in [5, 5.41) is 1.85. The molecule has 2 amide bonds. The van der Waals surface area contributed by atoms with Crippen LogP contribution >= 0.6 is 0 Å². The van der Waals surface area contributed by atoms with Crippen molar-refractivity contribution in [1.29, 1.82) is 0 Å². The van der Waals surface area contributed by atoms with E-state index in [2.05, 4.69) is 17.1 Å². The first kappa shape index (κ1) is 12.1. The van der Waals surface area contributed by atoms with E-state index in [1.165, 1.54) is 4.90 Å². The predicted octanol–water partition coefficient (Wildman–Crippen LogP) is 2.55. The number of aromatic nitrogens is 1. The van der Waals surface area contributed by atoms with Gasteiger partial charge < -0.3 is 0 Å². The van der Waals surface area contributed by atoms with Crippen molar-refractivity contribution in [2.45, 2.75) is 6.42 Å². The first-order chi connectivity index (χ1) is 10.8. The zero-order valence-corrected chi connectivity index (χ0v) is 11.8. The summed E-state index contributed by atoms with van der Waals surface area (Å²) in [6.45, 7) is 0. The number of allylic oxidation sites excluding steroid dienone is 2. The second-order valence-corrected chi connectivity index (χ2v) is 6.39. The van der Waals surface area contributed by atoms with E-state index in [0.717, 1.165) is 17.2 Å². The number of fused-ring (bicyclic) bond motifs is 6. The van der Waals surface area contributed by atoms with E-state index >= 15 is 0 Å². The smallest absolute Gasteiger partial charge is 0.238 e. The second kappa shape index (κ2) is 4.03. The van der Waals surface area contributed by atoms with Crippen LogP contribution in [-0.4, -0.2) is 16.8 Å². The third kappa shape index (κ3) is 1.35. The van der Waals surface area contributed by atoms with Crippen molar-refractivity contribution in [3.8, 4) is 0 Å². The van der Waals surface area contributed by atoms with Crippen LogP contribution in [0.4, 0.5) is 5.69 Å². The summed E-state index contributed by atoms with van der Waals surface area (Å²) >= 11 is 0. The van der Waals surface area contributed by atoms with Crippen LogP contribution < -0.4 is 4.90 Å². The number of pyridine rings is 1. The van der Waals surface area contributed by atoms with Gasteiger partial charge in [-0.1, -0.05) is 24.3 Å². The number of hydrogen-bond acceptors (Lipinski definition) is 3. The van der Waals surface area contributed by atoms with Gasteiger partial charge in [-0.15, -0.1) is 0 Å².